The molecule has 0 atom stereocenters. The zero-order valence-corrected chi connectivity index (χ0v) is 16.9. The predicted molar refractivity (Wildman–Crippen MR) is 111 cm³/mol. The summed E-state index contributed by atoms with van der Waals surface area (Å²) in [6, 6.07) is 7.00. The summed E-state index contributed by atoms with van der Waals surface area (Å²) in [5.41, 5.74) is 1.73. The number of ether oxygens (including phenoxy) is 1. The second-order valence-electron chi connectivity index (χ2n) is 7.34. The van der Waals surface area contributed by atoms with E-state index in [1.54, 1.807) is 36.7 Å². The van der Waals surface area contributed by atoms with E-state index < -0.39 is 0 Å². The van der Waals surface area contributed by atoms with Crippen molar-refractivity contribution in [2.24, 2.45) is 0 Å². The van der Waals surface area contributed by atoms with E-state index in [4.69, 9.17) is 4.74 Å². The van der Waals surface area contributed by atoms with Crippen molar-refractivity contribution in [2.45, 2.75) is 18.9 Å². The van der Waals surface area contributed by atoms with E-state index in [0.717, 1.165) is 31.5 Å². The molecule has 0 aliphatic carbocycles. The summed E-state index contributed by atoms with van der Waals surface area (Å²) < 4.78 is 6.45. The molecule has 0 bridgehead atoms. The molecule has 1 aliphatic heterocycles. The van der Waals surface area contributed by atoms with Crippen LogP contribution < -0.4 is 10.1 Å². The molecule has 9 heteroatoms. The number of aromatic nitrogens is 4. The molecule has 3 aromatic rings. The molecule has 0 saturated carbocycles. The number of rotatable bonds is 5. The predicted octanol–water partition coefficient (Wildman–Crippen LogP) is 1.87. The Labute approximate surface area is 174 Å². The first-order chi connectivity index (χ1) is 14.5. The molecule has 1 aliphatic rings. The molecule has 0 aromatic carbocycles. The highest BCUT2D eigenvalue weighted by Gasteiger charge is 2.20. The lowest BCUT2D eigenvalue weighted by Gasteiger charge is -2.29. The fraction of sp³-hybridized carbons (Fsp3) is 0.333. The van der Waals surface area contributed by atoms with Crippen molar-refractivity contribution in [3.8, 4) is 28.7 Å². The summed E-state index contributed by atoms with van der Waals surface area (Å²) in [5.74, 6) is 0.658. The van der Waals surface area contributed by atoms with Crippen LogP contribution in [0.3, 0.4) is 0 Å². The maximum absolute atomic E-state index is 12.5. The number of hydrogen-bond acceptors (Lipinski definition) is 7. The number of nitrogens with one attached hydrogen (secondary N) is 1. The van der Waals surface area contributed by atoms with Crippen LogP contribution in [0.15, 0.2) is 42.9 Å². The number of methoxy groups -OCH3 is 1. The van der Waals surface area contributed by atoms with Gasteiger partial charge in [0.2, 0.25) is 11.8 Å². The van der Waals surface area contributed by atoms with E-state index in [2.05, 4.69) is 32.3 Å². The fourth-order valence-corrected chi connectivity index (χ4v) is 3.47. The molecule has 2 N–H and O–H groups in total. The van der Waals surface area contributed by atoms with Crippen molar-refractivity contribution >= 4 is 5.91 Å². The van der Waals surface area contributed by atoms with Crippen molar-refractivity contribution < 1.29 is 14.6 Å². The van der Waals surface area contributed by atoms with Gasteiger partial charge in [-0.2, -0.15) is 9.78 Å². The normalized spacial score (nSPS) is 15.1. The minimum atomic E-state index is -0.141. The molecular weight excluding hydrogens is 384 g/mol. The first-order valence-corrected chi connectivity index (χ1v) is 9.78. The first-order valence-electron chi connectivity index (χ1n) is 9.78. The van der Waals surface area contributed by atoms with E-state index in [1.807, 2.05) is 0 Å². The van der Waals surface area contributed by atoms with Gasteiger partial charge in [0.25, 0.3) is 5.91 Å². The largest absolute Gasteiger partial charge is 0.493 e. The SMILES string of the molecule is COc1cc(-c2cnn(-c3ccc(C(=O)NC4CCN(C)CC4)cn3)c2O)ccn1. The minimum Gasteiger partial charge on any atom is -0.493 e. The van der Waals surface area contributed by atoms with Crippen molar-refractivity contribution in [3.05, 3.63) is 48.4 Å². The highest BCUT2D eigenvalue weighted by molar-refractivity contribution is 5.94. The van der Waals surface area contributed by atoms with E-state index in [9.17, 15) is 9.90 Å². The maximum Gasteiger partial charge on any atom is 0.253 e. The van der Waals surface area contributed by atoms with Crippen LogP contribution in [-0.4, -0.2) is 69.0 Å². The Balaban J connectivity index is 1.49. The van der Waals surface area contributed by atoms with Gasteiger partial charge in [-0.05, 0) is 56.7 Å². The third kappa shape index (κ3) is 4.11. The quantitative estimate of drug-likeness (QED) is 0.664. The summed E-state index contributed by atoms with van der Waals surface area (Å²) in [4.78, 5) is 23.1. The van der Waals surface area contributed by atoms with Crippen LogP contribution in [0.5, 0.6) is 11.8 Å². The van der Waals surface area contributed by atoms with Crippen LogP contribution in [0.4, 0.5) is 0 Å². The molecule has 4 heterocycles. The van der Waals surface area contributed by atoms with E-state index in [0.29, 0.717) is 22.8 Å². The molecule has 0 radical (unpaired) electrons. The van der Waals surface area contributed by atoms with Crippen molar-refractivity contribution in [1.82, 2.24) is 30.0 Å². The van der Waals surface area contributed by atoms with Crippen molar-refractivity contribution in [2.75, 3.05) is 27.2 Å². The Kier molecular flexibility index (Phi) is 5.62. The Morgan fingerprint density at radius 3 is 2.70 bits per heavy atom. The van der Waals surface area contributed by atoms with Crippen molar-refractivity contribution in [3.63, 3.8) is 0 Å². The molecule has 4 rings (SSSR count). The minimum absolute atomic E-state index is 0.0562. The molecule has 0 spiro atoms. The first kappa shape index (κ1) is 19.8. The van der Waals surface area contributed by atoms with Gasteiger partial charge in [0, 0.05) is 24.5 Å². The molecule has 0 unspecified atom stereocenters. The van der Waals surface area contributed by atoms with Crippen molar-refractivity contribution in [1.29, 1.82) is 0 Å². The summed E-state index contributed by atoms with van der Waals surface area (Å²) >= 11 is 0. The number of piperidine rings is 1. The lowest BCUT2D eigenvalue weighted by atomic mass is 10.1. The Morgan fingerprint density at radius 1 is 1.20 bits per heavy atom. The number of carbonyl (C=O) groups is 1. The summed E-state index contributed by atoms with van der Waals surface area (Å²) in [7, 11) is 3.62. The number of carbonyl (C=O) groups excluding carboxylic acids is 1. The monoisotopic (exact) mass is 408 g/mol. The van der Waals surface area contributed by atoms with Crippen LogP contribution in [-0.2, 0) is 0 Å². The zero-order chi connectivity index (χ0) is 21.1. The number of pyridine rings is 2. The van der Waals surface area contributed by atoms with Gasteiger partial charge < -0.3 is 20.1 Å². The molecule has 9 nitrogen and oxygen atoms in total. The molecule has 30 heavy (non-hydrogen) atoms. The lowest BCUT2D eigenvalue weighted by Crippen LogP contribution is -2.43. The number of nitrogens with zero attached hydrogens (tertiary/aromatic N) is 5. The number of hydrogen-bond donors (Lipinski definition) is 2. The van der Waals surface area contributed by atoms with Gasteiger partial charge in [-0.1, -0.05) is 0 Å². The van der Waals surface area contributed by atoms with Crippen LogP contribution in [0.2, 0.25) is 0 Å². The lowest BCUT2D eigenvalue weighted by molar-refractivity contribution is 0.0916. The second-order valence-corrected chi connectivity index (χ2v) is 7.34. The molecule has 1 saturated heterocycles. The molecule has 3 aromatic heterocycles. The standard InChI is InChI=1S/C21H24N6O3/c1-26-9-6-16(7-10-26)25-20(28)15-3-4-18(23-12-15)27-21(29)17(13-24-27)14-5-8-22-19(11-14)30-2/h3-5,8,11-13,16,29H,6-7,9-10H2,1-2H3,(H,25,28). The number of aromatic hydroxyl groups is 1. The average Bonchev–Trinajstić information content (AvgIpc) is 3.16. The Morgan fingerprint density at radius 2 is 2.00 bits per heavy atom. The van der Waals surface area contributed by atoms with Gasteiger partial charge in [0.15, 0.2) is 5.82 Å². The van der Waals surface area contributed by atoms with Gasteiger partial charge in [0.05, 0.1) is 24.4 Å². The highest BCUT2D eigenvalue weighted by Crippen LogP contribution is 2.31. The van der Waals surface area contributed by atoms with Gasteiger partial charge in [-0.3, -0.25) is 4.79 Å². The Bertz CT molecular complexity index is 1030. The summed E-state index contributed by atoms with van der Waals surface area (Å²) in [6.07, 6.45) is 6.53. The zero-order valence-electron chi connectivity index (χ0n) is 16.9. The van der Waals surface area contributed by atoms with Gasteiger partial charge in [-0.15, -0.1) is 0 Å². The van der Waals surface area contributed by atoms with Crippen LogP contribution >= 0.6 is 0 Å². The number of likely N-dealkylation sites (tertiary alicyclic amines) is 1. The smallest absolute Gasteiger partial charge is 0.253 e. The number of amides is 1. The topological polar surface area (TPSA) is 105 Å². The molecular formula is C21H24N6O3. The fourth-order valence-electron chi connectivity index (χ4n) is 3.47. The average molecular weight is 408 g/mol. The van der Waals surface area contributed by atoms with E-state index >= 15 is 0 Å². The van der Waals surface area contributed by atoms with Crippen LogP contribution in [0, 0.1) is 0 Å². The van der Waals surface area contributed by atoms with Gasteiger partial charge in [0.1, 0.15) is 0 Å². The second kappa shape index (κ2) is 8.50. The summed E-state index contributed by atoms with van der Waals surface area (Å²) in [6.45, 7) is 1.96. The molecule has 1 fully saturated rings. The van der Waals surface area contributed by atoms with Gasteiger partial charge in [-0.25, -0.2) is 9.97 Å². The molecule has 156 valence electrons. The third-order valence-corrected chi connectivity index (χ3v) is 5.28. The van der Waals surface area contributed by atoms with Crippen LogP contribution in [0.1, 0.15) is 23.2 Å². The Hall–Kier alpha value is -3.46. The van der Waals surface area contributed by atoms with Crippen LogP contribution in [0.25, 0.3) is 16.9 Å². The summed E-state index contributed by atoms with van der Waals surface area (Å²) in [5, 5.41) is 17.9. The third-order valence-electron chi connectivity index (χ3n) is 5.28. The van der Waals surface area contributed by atoms with E-state index in [1.165, 1.54) is 18.0 Å². The maximum atomic E-state index is 12.5. The highest BCUT2D eigenvalue weighted by atomic mass is 16.5. The van der Waals surface area contributed by atoms with E-state index in [-0.39, 0.29) is 17.8 Å². The van der Waals surface area contributed by atoms with Gasteiger partial charge >= 0.3 is 0 Å². The molecule has 1 amide bonds.